The second-order valence-electron chi connectivity index (χ2n) is 6.25. The van der Waals surface area contributed by atoms with Crippen LogP contribution in [0.5, 0.6) is 0 Å². The smallest absolute Gasteiger partial charge is 0.253 e. The number of amides is 2. The molecular weight excluding hydrogens is 362 g/mol. The van der Waals surface area contributed by atoms with E-state index in [1.807, 2.05) is 23.1 Å². The molecule has 6 heteroatoms. The summed E-state index contributed by atoms with van der Waals surface area (Å²) in [5.41, 5.74) is 1.88. The molecule has 27 heavy (non-hydrogen) atoms. The first-order valence-corrected chi connectivity index (χ1v) is 9.60. The van der Waals surface area contributed by atoms with E-state index >= 15 is 0 Å². The van der Waals surface area contributed by atoms with Crippen LogP contribution >= 0.6 is 11.6 Å². The zero-order valence-corrected chi connectivity index (χ0v) is 16.6. The Morgan fingerprint density at radius 3 is 2.37 bits per heavy atom. The lowest BCUT2D eigenvalue weighted by molar-refractivity contribution is -0.114. The van der Waals surface area contributed by atoms with Crippen LogP contribution in [0.2, 0.25) is 5.02 Å². The number of hydrogen-bond acceptors (Lipinski definition) is 3. The molecule has 0 bridgehead atoms. The summed E-state index contributed by atoms with van der Waals surface area (Å²) in [7, 11) is 0. The van der Waals surface area contributed by atoms with Crippen molar-refractivity contribution >= 4 is 34.8 Å². The molecule has 0 fully saturated rings. The summed E-state index contributed by atoms with van der Waals surface area (Å²) < 4.78 is 0. The van der Waals surface area contributed by atoms with Crippen LogP contribution in [-0.2, 0) is 4.79 Å². The molecule has 0 saturated heterocycles. The summed E-state index contributed by atoms with van der Waals surface area (Å²) in [6.45, 7) is 5.65. The van der Waals surface area contributed by atoms with E-state index in [4.69, 9.17) is 11.6 Å². The van der Waals surface area contributed by atoms with Gasteiger partial charge in [-0.05, 0) is 43.2 Å². The maximum Gasteiger partial charge on any atom is 0.253 e. The fraction of sp³-hybridized carbons (Fsp3) is 0.333. The van der Waals surface area contributed by atoms with Gasteiger partial charge in [0.05, 0.1) is 17.3 Å². The summed E-state index contributed by atoms with van der Waals surface area (Å²) in [6.07, 6.45) is 1.83. The highest BCUT2D eigenvalue weighted by Gasteiger charge is 2.15. The summed E-state index contributed by atoms with van der Waals surface area (Å²) in [6, 6.07) is 14.3. The van der Waals surface area contributed by atoms with E-state index < -0.39 is 0 Å². The number of hydrogen-bond donors (Lipinski definition) is 2. The van der Waals surface area contributed by atoms with Crippen molar-refractivity contribution < 1.29 is 9.59 Å². The average Bonchev–Trinajstić information content (AvgIpc) is 2.67. The number of anilines is 2. The molecule has 0 radical (unpaired) electrons. The van der Waals surface area contributed by atoms with Crippen molar-refractivity contribution in [2.75, 3.05) is 30.3 Å². The number of carbonyl (C=O) groups excluding carboxylic acids is 2. The molecule has 0 heterocycles. The lowest BCUT2D eigenvalue weighted by atomic mass is 10.1. The first kappa shape index (κ1) is 20.8. The normalized spacial score (nSPS) is 10.3. The van der Waals surface area contributed by atoms with E-state index in [1.165, 1.54) is 0 Å². The lowest BCUT2D eigenvalue weighted by Crippen LogP contribution is -2.32. The van der Waals surface area contributed by atoms with Crippen molar-refractivity contribution in [3.63, 3.8) is 0 Å². The van der Waals surface area contributed by atoms with Crippen LogP contribution in [0.1, 0.15) is 37.0 Å². The van der Waals surface area contributed by atoms with Crippen molar-refractivity contribution in [3.05, 3.63) is 59.1 Å². The largest absolute Gasteiger partial charge is 0.375 e. The number of halogens is 1. The van der Waals surface area contributed by atoms with Crippen LogP contribution < -0.4 is 10.6 Å². The van der Waals surface area contributed by atoms with Gasteiger partial charge in [0, 0.05) is 24.3 Å². The highest BCUT2D eigenvalue weighted by Crippen LogP contribution is 2.20. The first-order valence-electron chi connectivity index (χ1n) is 9.22. The molecule has 0 aliphatic heterocycles. The fourth-order valence-electron chi connectivity index (χ4n) is 2.75. The van der Waals surface area contributed by atoms with Gasteiger partial charge < -0.3 is 15.5 Å². The van der Waals surface area contributed by atoms with Crippen LogP contribution in [0.25, 0.3) is 0 Å². The fourth-order valence-corrected chi connectivity index (χ4v) is 2.96. The quantitative estimate of drug-likeness (QED) is 0.658. The molecule has 2 N–H and O–H groups in total. The Labute approximate surface area is 165 Å². The van der Waals surface area contributed by atoms with E-state index in [2.05, 4.69) is 24.5 Å². The van der Waals surface area contributed by atoms with Crippen molar-refractivity contribution in [3.8, 4) is 0 Å². The summed E-state index contributed by atoms with van der Waals surface area (Å²) in [4.78, 5) is 26.7. The van der Waals surface area contributed by atoms with Gasteiger partial charge in [0.25, 0.3) is 5.91 Å². The second kappa shape index (κ2) is 10.6. The molecule has 0 atom stereocenters. The minimum Gasteiger partial charge on any atom is -0.375 e. The first-order chi connectivity index (χ1) is 13.0. The zero-order chi connectivity index (χ0) is 19.6. The average molecular weight is 388 g/mol. The Hall–Kier alpha value is -2.53. The molecule has 5 nitrogen and oxygen atoms in total. The van der Waals surface area contributed by atoms with Crippen LogP contribution in [0.4, 0.5) is 11.4 Å². The van der Waals surface area contributed by atoms with Gasteiger partial charge in [-0.25, -0.2) is 0 Å². The van der Waals surface area contributed by atoms with E-state index in [9.17, 15) is 9.59 Å². The highest BCUT2D eigenvalue weighted by molar-refractivity contribution is 6.33. The van der Waals surface area contributed by atoms with Gasteiger partial charge in [0.1, 0.15) is 0 Å². The van der Waals surface area contributed by atoms with Crippen molar-refractivity contribution in [2.45, 2.75) is 26.7 Å². The summed E-state index contributed by atoms with van der Waals surface area (Å²) in [5, 5.41) is 6.38. The van der Waals surface area contributed by atoms with E-state index in [1.54, 1.807) is 30.3 Å². The standard InChI is InChI=1S/C21H26ClN3O2/c1-3-12-25(13-4-2)21(27)16-8-7-9-17(14-16)24-20(26)15-23-19-11-6-5-10-18(19)22/h5-11,14,23H,3-4,12-13,15H2,1-2H3,(H,24,26). The van der Waals surface area contributed by atoms with Crippen LogP contribution in [0.3, 0.4) is 0 Å². The Kier molecular flexibility index (Phi) is 8.14. The summed E-state index contributed by atoms with van der Waals surface area (Å²) in [5.74, 6) is -0.220. The van der Waals surface area contributed by atoms with Crippen molar-refractivity contribution in [2.24, 2.45) is 0 Å². The van der Waals surface area contributed by atoms with Crippen LogP contribution in [0, 0.1) is 0 Å². The molecular formula is C21H26ClN3O2. The molecule has 2 aromatic carbocycles. The molecule has 0 spiro atoms. The molecule has 0 saturated carbocycles. The third kappa shape index (κ3) is 6.29. The van der Waals surface area contributed by atoms with Gasteiger partial charge >= 0.3 is 0 Å². The predicted octanol–water partition coefficient (Wildman–Crippen LogP) is 4.65. The molecule has 0 aromatic heterocycles. The Bertz CT molecular complexity index is 774. The molecule has 2 amide bonds. The minimum absolute atomic E-state index is 0.0102. The molecule has 0 aliphatic carbocycles. The Morgan fingerprint density at radius 2 is 1.70 bits per heavy atom. The van der Waals surface area contributed by atoms with Gasteiger partial charge in [0.2, 0.25) is 5.91 Å². The number of para-hydroxylation sites is 1. The van der Waals surface area contributed by atoms with Crippen LogP contribution in [-0.4, -0.2) is 36.3 Å². The molecule has 2 rings (SSSR count). The van der Waals surface area contributed by atoms with Crippen molar-refractivity contribution in [1.29, 1.82) is 0 Å². The number of carbonyl (C=O) groups is 2. The summed E-state index contributed by atoms with van der Waals surface area (Å²) >= 11 is 6.07. The van der Waals surface area contributed by atoms with E-state index in [0.717, 1.165) is 25.9 Å². The molecule has 144 valence electrons. The molecule has 0 aliphatic rings. The highest BCUT2D eigenvalue weighted by atomic mass is 35.5. The SMILES string of the molecule is CCCN(CCC)C(=O)c1cccc(NC(=O)CNc2ccccc2Cl)c1. The maximum absolute atomic E-state index is 12.7. The molecule has 2 aromatic rings. The zero-order valence-electron chi connectivity index (χ0n) is 15.8. The predicted molar refractivity (Wildman–Crippen MR) is 111 cm³/mol. The monoisotopic (exact) mass is 387 g/mol. The third-order valence-corrected chi connectivity index (χ3v) is 4.31. The number of nitrogens with zero attached hydrogens (tertiary/aromatic N) is 1. The van der Waals surface area contributed by atoms with E-state index in [-0.39, 0.29) is 18.4 Å². The second-order valence-corrected chi connectivity index (χ2v) is 6.66. The van der Waals surface area contributed by atoms with Gasteiger partial charge in [-0.3, -0.25) is 9.59 Å². The van der Waals surface area contributed by atoms with Crippen molar-refractivity contribution in [1.82, 2.24) is 4.90 Å². The van der Waals surface area contributed by atoms with E-state index in [0.29, 0.717) is 22.0 Å². The van der Waals surface area contributed by atoms with Crippen LogP contribution in [0.15, 0.2) is 48.5 Å². The van der Waals surface area contributed by atoms with Gasteiger partial charge in [-0.1, -0.05) is 43.6 Å². The molecule has 0 unspecified atom stereocenters. The third-order valence-electron chi connectivity index (χ3n) is 3.98. The van der Waals surface area contributed by atoms with Gasteiger partial charge in [-0.2, -0.15) is 0 Å². The van der Waals surface area contributed by atoms with Gasteiger partial charge in [-0.15, -0.1) is 0 Å². The Balaban J connectivity index is 1.99. The topological polar surface area (TPSA) is 61.4 Å². The van der Waals surface area contributed by atoms with Gasteiger partial charge in [0.15, 0.2) is 0 Å². The number of benzene rings is 2. The lowest BCUT2D eigenvalue weighted by Gasteiger charge is -2.21. The number of nitrogens with one attached hydrogen (secondary N) is 2. The minimum atomic E-state index is -0.210. The Morgan fingerprint density at radius 1 is 1.00 bits per heavy atom. The maximum atomic E-state index is 12.7. The number of rotatable bonds is 9.